The maximum atomic E-state index is 14.9. The van der Waals surface area contributed by atoms with Crippen LogP contribution in [0.2, 0.25) is 0 Å². The molecule has 1 aliphatic heterocycles. The Hall–Kier alpha value is -1.99. The van der Waals surface area contributed by atoms with Crippen molar-refractivity contribution in [1.82, 2.24) is 9.88 Å². The summed E-state index contributed by atoms with van der Waals surface area (Å²) in [6.07, 6.45) is 1.42. The summed E-state index contributed by atoms with van der Waals surface area (Å²) in [7, 11) is 0. The summed E-state index contributed by atoms with van der Waals surface area (Å²) >= 11 is 0. The monoisotopic (exact) mass is 309 g/mol. The van der Waals surface area contributed by atoms with Gasteiger partial charge in [-0.2, -0.15) is 0 Å². The molecule has 0 saturated carbocycles. The number of fused-ring (bicyclic) bond motifs is 1. The number of nitrogens with one attached hydrogen (secondary N) is 1. The number of pyridine rings is 1. The van der Waals surface area contributed by atoms with E-state index in [2.05, 4.69) is 5.32 Å². The lowest BCUT2D eigenvalue weighted by molar-refractivity contribution is 0.277. The fourth-order valence-corrected chi connectivity index (χ4v) is 2.86. The van der Waals surface area contributed by atoms with Crippen molar-refractivity contribution in [3.63, 3.8) is 0 Å². The number of aliphatic hydroxyl groups excluding tert-OH is 1. The van der Waals surface area contributed by atoms with Crippen LogP contribution < -0.4 is 15.6 Å². The van der Waals surface area contributed by atoms with Crippen LogP contribution in [0.3, 0.4) is 0 Å². The molecule has 7 heteroatoms. The number of aromatic nitrogens is 1. The zero-order valence-electron chi connectivity index (χ0n) is 12.0. The van der Waals surface area contributed by atoms with Gasteiger partial charge < -0.3 is 19.9 Å². The Labute approximate surface area is 125 Å². The highest BCUT2D eigenvalue weighted by Crippen LogP contribution is 2.29. The van der Waals surface area contributed by atoms with E-state index in [9.17, 15) is 13.6 Å². The molecule has 1 aliphatic rings. The van der Waals surface area contributed by atoms with Gasteiger partial charge in [0, 0.05) is 45.0 Å². The van der Waals surface area contributed by atoms with Crippen LogP contribution in [0, 0.1) is 11.6 Å². The van der Waals surface area contributed by atoms with Crippen molar-refractivity contribution in [3.8, 4) is 0 Å². The minimum atomic E-state index is -0.747. The number of hydrogen-bond donors (Lipinski definition) is 2. The Balaban J connectivity index is 2.25. The molecular weight excluding hydrogens is 292 g/mol. The summed E-state index contributed by atoms with van der Waals surface area (Å²) in [5.74, 6) is -1.48. The molecule has 1 aromatic heterocycles. The molecule has 0 bridgehead atoms. The molecular formula is C15H17F2N3O2. The van der Waals surface area contributed by atoms with E-state index in [-0.39, 0.29) is 29.7 Å². The number of aliphatic hydroxyl groups is 1. The highest BCUT2D eigenvalue weighted by Gasteiger charge is 2.23. The SMILES string of the molecule is O=c1ccn(CCO)c2c(F)c(N3CCNCC3)c(F)cc12. The molecule has 22 heavy (non-hydrogen) atoms. The highest BCUT2D eigenvalue weighted by molar-refractivity contribution is 5.84. The van der Waals surface area contributed by atoms with Crippen LogP contribution >= 0.6 is 0 Å². The third kappa shape index (κ3) is 2.46. The van der Waals surface area contributed by atoms with Gasteiger partial charge in [-0.3, -0.25) is 4.79 Å². The molecule has 0 radical (unpaired) electrons. The largest absolute Gasteiger partial charge is 0.395 e. The van der Waals surface area contributed by atoms with E-state index in [4.69, 9.17) is 5.11 Å². The summed E-state index contributed by atoms with van der Waals surface area (Å²) < 4.78 is 30.7. The minimum absolute atomic E-state index is 0.00941. The summed E-state index contributed by atoms with van der Waals surface area (Å²) in [6.45, 7) is 2.23. The molecule has 5 nitrogen and oxygen atoms in total. The quantitative estimate of drug-likeness (QED) is 0.875. The van der Waals surface area contributed by atoms with Crippen molar-refractivity contribution < 1.29 is 13.9 Å². The number of hydrogen-bond acceptors (Lipinski definition) is 4. The first-order valence-electron chi connectivity index (χ1n) is 7.21. The Morgan fingerprint density at radius 3 is 2.68 bits per heavy atom. The van der Waals surface area contributed by atoms with Gasteiger partial charge in [0.25, 0.3) is 0 Å². The van der Waals surface area contributed by atoms with Crippen molar-refractivity contribution in [2.75, 3.05) is 37.7 Å². The van der Waals surface area contributed by atoms with Crippen molar-refractivity contribution in [2.45, 2.75) is 6.54 Å². The van der Waals surface area contributed by atoms with Gasteiger partial charge in [-0.1, -0.05) is 0 Å². The van der Waals surface area contributed by atoms with Gasteiger partial charge in [0.1, 0.15) is 11.5 Å². The van der Waals surface area contributed by atoms with Crippen LogP contribution in [0.4, 0.5) is 14.5 Å². The van der Waals surface area contributed by atoms with E-state index >= 15 is 0 Å². The van der Waals surface area contributed by atoms with Crippen LogP contribution in [0.1, 0.15) is 0 Å². The molecule has 0 amide bonds. The molecule has 0 unspecified atom stereocenters. The summed E-state index contributed by atoms with van der Waals surface area (Å²) in [4.78, 5) is 13.5. The van der Waals surface area contributed by atoms with Gasteiger partial charge in [0.2, 0.25) is 0 Å². The van der Waals surface area contributed by atoms with Crippen LogP contribution in [0.5, 0.6) is 0 Å². The van der Waals surface area contributed by atoms with Gasteiger partial charge in [-0.25, -0.2) is 8.78 Å². The molecule has 0 aliphatic carbocycles. The maximum Gasteiger partial charge on any atom is 0.189 e. The standard InChI is InChI=1S/C15H17F2N3O2/c16-11-9-10-12(22)1-4-19(7-8-21)14(10)13(17)15(11)20-5-2-18-3-6-20/h1,4,9,18,21H,2-3,5-8H2. The van der Waals surface area contributed by atoms with Crippen LogP contribution in [-0.2, 0) is 6.54 Å². The molecule has 0 atom stereocenters. The fraction of sp³-hybridized carbons (Fsp3) is 0.400. The van der Waals surface area contributed by atoms with E-state index in [1.165, 1.54) is 16.8 Å². The van der Waals surface area contributed by atoms with Crippen molar-refractivity contribution in [2.24, 2.45) is 0 Å². The number of rotatable bonds is 3. The Morgan fingerprint density at radius 2 is 2.00 bits per heavy atom. The van der Waals surface area contributed by atoms with Crippen LogP contribution in [-0.4, -0.2) is 42.5 Å². The molecule has 2 aromatic rings. The summed E-state index contributed by atoms with van der Waals surface area (Å²) in [5.41, 5.74) is -0.503. The number of nitrogens with zero attached hydrogens (tertiary/aromatic N) is 2. The first-order chi connectivity index (χ1) is 10.6. The van der Waals surface area contributed by atoms with Gasteiger partial charge >= 0.3 is 0 Å². The minimum Gasteiger partial charge on any atom is -0.395 e. The lowest BCUT2D eigenvalue weighted by Crippen LogP contribution is -2.44. The second-order valence-electron chi connectivity index (χ2n) is 5.25. The van der Waals surface area contributed by atoms with Gasteiger partial charge in [0.05, 0.1) is 17.5 Å². The zero-order chi connectivity index (χ0) is 15.7. The Kier molecular flexibility index (Phi) is 4.08. The number of benzene rings is 1. The van der Waals surface area contributed by atoms with Crippen LogP contribution in [0.25, 0.3) is 10.9 Å². The predicted octanol–water partition coefficient (Wildman–Crippen LogP) is 0.682. The van der Waals surface area contributed by atoms with E-state index in [0.29, 0.717) is 26.2 Å². The topological polar surface area (TPSA) is 57.5 Å². The second kappa shape index (κ2) is 6.02. The molecule has 1 saturated heterocycles. The highest BCUT2D eigenvalue weighted by atomic mass is 19.1. The van der Waals surface area contributed by atoms with E-state index in [1.807, 2.05) is 0 Å². The first kappa shape index (κ1) is 14.9. The van der Waals surface area contributed by atoms with E-state index in [1.54, 1.807) is 4.90 Å². The molecule has 2 heterocycles. The lowest BCUT2D eigenvalue weighted by atomic mass is 10.1. The van der Waals surface area contributed by atoms with Gasteiger partial charge in [-0.15, -0.1) is 0 Å². The molecule has 2 N–H and O–H groups in total. The van der Waals surface area contributed by atoms with Gasteiger partial charge in [0.15, 0.2) is 11.2 Å². The number of halogens is 2. The third-order valence-corrected chi connectivity index (χ3v) is 3.90. The summed E-state index contributed by atoms with van der Waals surface area (Å²) in [6, 6.07) is 2.34. The number of anilines is 1. The van der Waals surface area contributed by atoms with E-state index in [0.717, 1.165) is 6.07 Å². The molecule has 1 fully saturated rings. The van der Waals surface area contributed by atoms with Crippen molar-refractivity contribution in [3.05, 3.63) is 40.2 Å². The zero-order valence-corrected chi connectivity index (χ0v) is 12.0. The first-order valence-corrected chi connectivity index (χ1v) is 7.21. The molecule has 3 rings (SSSR count). The normalized spacial score (nSPS) is 15.5. The Bertz CT molecular complexity index is 755. The average molecular weight is 309 g/mol. The van der Waals surface area contributed by atoms with Crippen LogP contribution in [0.15, 0.2) is 23.1 Å². The molecule has 118 valence electrons. The number of piperazine rings is 1. The van der Waals surface area contributed by atoms with Crippen molar-refractivity contribution in [1.29, 1.82) is 0 Å². The smallest absolute Gasteiger partial charge is 0.189 e. The van der Waals surface area contributed by atoms with Gasteiger partial charge in [-0.05, 0) is 6.07 Å². The average Bonchev–Trinajstić information content (AvgIpc) is 2.51. The second-order valence-corrected chi connectivity index (χ2v) is 5.25. The summed E-state index contributed by atoms with van der Waals surface area (Å²) in [5, 5.41) is 12.2. The third-order valence-electron chi connectivity index (χ3n) is 3.90. The van der Waals surface area contributed by atoms with Crippen molar-refractivity contribution >= 4 is 16.6 Å². The van der Waals surface area contributed by atoms with E-state index < -0.39 is 17.1 Å². The molecule has 0 spiro atoms. The fourth-order valence-electron chi connectivity index (χ4n) is 2.86. The molecule has 1 aromatic carbocycles. The lowest BCUT2D eigenvalue weighted by Gasteiger charge is -2.30. The Morgan fingerprint density at radius 1 is 1.27 bits per heavy atom. The maximum absolute atomic E-state index is 14.9. The predicted molar refractivity (Wildman–Crippen MR) is 80.3 cm³/mol.